The van der Waals surface area contributed by atoms with Gasteiger partial charge in [-0.2, -0.15) is 0 Å². The smallest absolute Gasteiger partial charge is 0.245 e. The van der Waals surface area contributed by atoms with E-state index < -0.39 is 12.1 Å². The van der Waals surface area contributed by atoms with Crippen LogP contribution in [0, 0.1) is 5.92 Å². The minimum absolute atomic E-state index is 0.0128. The zero-order valence-corrected chi connectivity index (χ0v) is 26.5. The average molecular weight is 596 g/mol. The Balaban J connectivity index is 1.51. The first kappa shape index (κ1) is 32.0. The summed E-state index contributed by atoms with van der Waals surface area (Å²) in [6.07, 6.45) is 1.45. The topological polar surface area (TPSA) is 93.8 Å². The Bertz CT molecular complexity index is 1260. The zero-order chi connectivity index (χ0) is 30.6. The van der Waals surface area contributed by atoms with E-state index in [2.05, 4.69) is 46.8 Å². The molecule has 8 nitrogen and oxygen atoms in total. The molecule has 2 aliphatic heterocycles. The molecule has 2 aliphatic rings. The molecular weight excluding hydrogens is 550 g/mol. The number of halogens is 1. The van der Waals surface area contributed by atoms with Crippen molar-refractivity contribution in [2.24, 2.45) is 5.92 Å². The number of hydrogen-bond donors (Lipinski definition) is 3. The molecule has 4 atom stereocenters. The minimum atomic E-state index is -0.761. The molecule has 0 unspecified atom stereocenters. The van der Waals surface area contributed by atoms with Gasteiger partial charge in [0.1, 0.15) is 6.04 Å². The number of hydrogen-bond acceptors (Lipinski definition) is 5. The van der Waals surface area contributed by atoms with Crippen LogP contribution >= 0.6 is 11.6 Å². The number of carbonyl (C=O) groups excluding carboxylic acids is 3. The predicted octanol–water partition coefficient (Wildman–Crippen LogP) is 3.55. The van der Waals surface area contributed by atoms with Crippen LogP contribution in [0.15, 0.2) is 48.5 Å². The molecule has 2 aromatic rings. The first-order valence-corrected chi connectivity index (χ1v) is 15.4. The Labute approximate surface area is 255 Å². The van der Waals surface area contributed by atoms with Crippen molar-refractivity contribution in [3.05, 3.63) is 70.2 Å². The summed E-state index contributed by atoms with van der Waals surface area (Å²) in [5.41, 5.74) is 2.89. The lowest BCUT2D eigenvalue weighted by Gasteiger charge is -2.31. The third-order valence-corrected chi connectivity index (χ3v) is 8.29. The Hall–Kier alpha value is -2.94. The largest absolute Gasteiger partial charge is 0.350 e. The van der Waals surface area contributed by atoms with Gasteiger partial charge in [-0.15, -0.1) is 0 Å². The third kappa shape index (κ3) is 8.33. The monoisotopic (exact) mass is 595 g/mol. The molecule has 0 saturated carbocycles. The summed E-state index contributed by atoms with van der Waals surface area (Å²) in [5, 5.41) is 10.1. The molecule has 0 aliphatic carbocycles. The molecule has 42 heavy (non-hydrogen) atoms. The number of nitrogens with one attached hydrogen (secondary N) is 3. The summed E-state index contributed by atoms with van der Waals surface area (Å²) in [6.45, 7) is 12.2. The summed E-state index contributed by atoms with van der Waals surface area (Å²) in [7, 11) is 1.79. The molecule has 4 rings (SSSR count). The van der Waals surface area contributed by atoms with E-state index >= 15 is 0 Å². The Morgan fingerprint density at radius 3 is 2.36 bits per heavy atom. The third-order valence-electron chi connectivity index (χ3n) is 8.04. The molecule has 3 N–H and O–H groups in total. The van der Waals surface area contributed by atoms with Gasteiger partial charge < -0.3 is 20.9 Å². The average Bonchev–Trinajstić information content (AvgIpc) is 3.35. The number of rotatable bonds is 9. The van der Waals surface area contributed by atoms with E-state index in [4.69, 9.17) is 11.6 Å². The van der Waals surface area contributed by atoms with Crippen LogP contribution in [0.3, 0.4) is 0 Å². The molecule has 1 fully saturated rings. The fourth-order valence-corrected chi connectivity index (χ4v) is 6.08. The number of likely N-dealkylation sites (tertiary alicyclic amines) is 1. The Morgan fingerprint density at radius 1 is 1.05 bits per heavy atom. The molecule has 1 saturated heterocycles. The van der Waals surface area contributed by atoms with Crippen LogP contribution in [0.2, 0.25) is 5.02 Å². The van der Waals surface area contributed by atoms with Crippen LogP contribution in [0.5, 0.6) is 0 Å². The SMILES string of the molecule is CC(C)CN1C[C@@H](N(C)C(=O)[C@@H](Cc2ccc(Cl)cc2)NC(=O)[C@H]2Cc3ccccc3CN2)C[C@H]1C(=O)NC(C)(C)C. The van der Waals surface area contributed by atoms with E-state index in [-0.39, 0.29) is 35.3 Å². The van der Waals surface area contributed by atoms with Gasteiger partial charge in [-0.25, -0.2) is 0 Å². The summed E-state index contributed by atoms with van der Waals surface area (Å²) in [5.74, 6) is 0.00215. The van der Waals surface area contributed by atoms with E-state index in [9.17, 15) is 14.4 Å². The standard InChI is InChI=1S/C33H46ClN5O3/c1-21(2)19-39-20-26(17-29(39)31(41)37-33(3,4)5)38(6)32(42)28(15-22-11-13-25(34)14-12-22)36-30(40)27-16-23-9-7-8-10-24(23)18-35-27/h7-14,21,26-29,35H,15-20H2,1-6H3,(H,36,40)(H,37,41)/t26-,27+,28+,29-/m0/s1. The molecule has 3 amide bonds. The number of fused-ring (bicyclic) bond motifs is 1. The molecular formula is C33H46ClN5O3. The fraction of sp³-hybridized carbons (Fsp3) is 0.545. The summed E-state index contributed by atoms with van der Waals surface area (Å²) in [4.78, 5) is 44.8. The number of amides is 3. The van der Waals surface area contributed by atoms with Crippen LogP contribution in [0.1, 0.15) is 57.7 Å². The van der Waals surface area contributed by atoms with Gasteiger partial charge in [0.05, 0.1) is 12.1 Å². The number of carbonyl (C=O) groups is 3. The highest BCUT2D eigenvalue weighted by molar-refractivity contribution is 6.30. The number of benzene rings is 2. The molecule has 0 radical (unpaired) electrons. The van der Waals surface area contributed by atoms with E-state index in [1.807, 2.05) is 45.0 Å². The molecule has 2 aromatic carbocycles. The first-order chi connectivity index (χ1) is 19.8. The van der Waals surface area contributed by atoms with Crippen molar-refractivity contribution < 1.29 is 14.4 Å². The second kappa shape index (κ2) is 13.6. The van der Waals surface area contributed by atoms with E-state index in [0.29, 0.717) is 43.3 Å². The lowest BCUT2D eigenvalue weighted by Crippen LogP contribution is -2.56. The van der Waals surface area contributed by atoms with Crippen LogP contribution in [-0.4, -0.2) is 77.4 Å². The number of nitrogens with zero attached hydrogens (tertiary/aromatic N) is 2. The maximum atomic E-state index is 14.1. The van der Waals surface area contributed by atoms with Crippen molar-refractivity contribution in [2.75, 3.05) is 20.1 Å². The zero-order valence-electron chi connectivity index (χ0n) is 25.7. The summed E-state index contributed by atoms with van der Waals surface area (Å²) >= 11 is 6.11. The van der Waals surface area contributed by atoms with Gasteiger partial charge in [-0.3, -0.25) is 19.3 Å². The molecule has 228 valence electrons. The second-order valence-electron chi connectivity index (χ2n) is 13.2. The highest BCUT2D eigenvalue weighted by Gasteiger charge is 2.42. The molecule has 0 spiro atoms. The molecule has 0 aromatic heterocycles. The highest BCUT2D eigenvalue weighted by atomic mass is 35.5. The molecule has 0 bridgehead atoms. The summed E-state index contributed by atoms with van der Waals surface area (Å²) in [6, 6.07) is 13.8. The van der Waals surface area contributed by atoms with Crippen molar-refractivity contribution in [3.63, 3.8) is 0 Å². The maximum absolute atomic E-state index is 14.1. The van der Waals surface area contributed by atoms with Crippen LogP contribution < -0.4 is 16.0 Å². The fourth-order valence-electron chi connectivity index (χ4n) is 5.95. The second-order valence-corrected chi connectivity index (χ2v) is 13.7. The molecule has 2 heterocycles. The van der Waals surface area contributed by atoms with E-state index in [0.717, 1.165) is 17.7 Å². The normalized spacial score (nSPS) is 21.5. The van der Waals surface area contributed by atoms with Crippen LogP contribution in [0.4, 0.5) is 0 Å². The van der Waals surface area contributed by atoms with Crippen LogP contribution in [-0.2, 0) is 33.8 Å². The van der Waals surface area contributed by atoms with Gasteiger partial charge >= 0.3 is 0 Å². The van der Waals surface area contributed by atoms with E-state index in [1.165, 1.54) is 5.56 Å². The van der Waals surface area contributed by atoms with Crippen LogP contribution in [0.25, 0.3) is 0 Å². The highest BCUT2D eigenvalue weighted by Crippen LogP contribution is 2.25. The molecule has 9 heteroatoms. The summed E-state index contributed by atoms with van der Waals surface area (Å²) < 4.78 is 0. The minimum Gasteiger partial charge on any atom is -0.350 e. The van der Waals surface area contributed by atoms with E-state index in [1.54, 1.807) is 24.1 Å². The Morgan fingerprint density at radius 2 is 1.71 bits per heavy atom. The van der Waals surface area contributed by atoms with Gasteiger partial charge in [0.2, 0.25) is 17.7 Å². The Kier molecular flexibility index (Phi) is 10.3. The number of likely N-dealkylation sites (N-methyl/N-ethyl adjacent to an activating group) is 1. The van der Waals surface area contributed by atoms with Crippen molar-refractivity contribution in [1.29, 1.82) is 0 Å². The van der Waals surface area contributed by atoms with Gasteiger partial charge in [0.25, 0.3) is 0 Å². The van der Waals surface area contributed by atoms with Crippen molar-refractivity contribution >= 4 is 29.3 Å². The van der Waals surface area contributed by atoms with Gasteiger partial charge in [0.15, 0.2) is 0 Å². The maximum Gasteiger partial charge on any atom is 0.245 e. The van der Waals surface area contributed by atoms with Gasteiger partial charge in [-0.1, -0.05) is 61.8 Å². The first-order valence-electron chi connectivity index (χ1n) is 15.0. The predicted molar refractivity (Wildman–Crippen MR) is 167 cm³/mol. The lowest BCUT2D eigenvalue weighted by molar-refractivity contribution is -0.137. The van der Waals surface area contributed by atoms with Crippen molar-refractivity contribution in [3.8, 4) is 0 Å². The van der Waals surface area contributed by atoms with Gasteiger partial charge in [-0.05, 0) is 68.4 Å². The lowest BCUT2D eigenvalue weighted by atomic mass is 9.95. The van der Waals surface area contributed by atoms with Crippen molar-refractivity contribution in [1.82, 2.24) is 25.8 Å². The van der Waals surface area contributed by atoms with Crippen molar-refractivity contribution in [2.45, 2.75) is 90.1 Å². The van der Waals surface area contributed by atoms with Gasteiger partial charge in [0, 0.05) is 49.7 Å². The quantitative estimate of drug-likeness (QED) is 0.412.